The minimum Gasteiger partial charge on any atom is -0.192 e. The van der Waals surface area contributed by atoms with E-state index in [2.05, 4.69) is 0 Å². The maximum absolute atomic E-state index is 8.29. The van der Waals surface area contributed by atoms with Crippen LogP contribution in [0.5, 0.6) is 0 Å². The topological polar surface area (TPSA) is 47.6 Å². The van der Waals surface area contributed by atoms with Crippen molar-refractivity contribution in [3.8, 4) is 12.1 Å². The molecule has 2 aromatic rings. The van der Waals surface area contributed by atoms with Gasteiger partial charge in [-0.1, -0.05) is 36.4 Å². The van der Waals surface area contributed by atoms with Crippen molar-refractivity contribution in [3.05, 3.63) is 71.8 Å². The molecule has 0 atom stereocenters. The second-order valence-corrected chi connectivity index (χ2v) is 2.96. The molecule has 0 aromatic heterocycles. The van der Waals surface area contributed by atoms with Gasteiger partial charge in [-0.25, -0.2) is 0 Å². The predicted molar refractivity (Wildman–Crippen MR) is 62.3 cm³/mol. The molecule has 0 radical (unpaired) electrons. The van der Waals surface area contributed by atoms with Crippen molar-refractivity contribution in [1.29, 1.82) is 10.5 Å². The molecule has 0 unspecified atom stereocenters. The van der Waals surface area contributed by atoms with E-state index in [4.69, 9.17) is 10.5 Å². The van der Waals surface area contributed by atoms with Gasteiger partial charge in [0.05, 0.1) is 23.3 Å². The summed E-state index contributed by atoms with van der Waals surface area (Å²) in [6.45, 7) is 0. The zero-order valence-electron chi connectivity index (χ0n) is 8.67. The first-order valence-electron chi connectivity index (χ1n) is 4.77. The number of hydrogen-bond acceptors (Lipinski definition) is 2. The zero-order valence-corrected chi connectivity index (χ0v) is 8.67. The van der Waals surface area contributed by atoms with Crippen molar-refractivity contribution in [3.63, 3.8) is 0 Å². The van der Waals surface area contributed by atoms with Gasteiger partial charge in [0.1, 0.15) is 0 Å². The Morgan fingerprint density at radius 2 is 0.875 bits per heavy atom. The summed E-state index contributed by atoms with van der Waals surface area (Å²) < 4.78 is 0. The van der Waals surface area contributed by atoms with Gasteiger partial charge in [-0.15, -0.1) is 0 Å². The molecule has 0 aliphatic rings. The molecule has 0 saturated heterocycles. The van der Waals surface area contributed by atoms with Crippen LogP contribution in [0, 0.1) is 22.7 Å². The molecule has 0 fully saturated rings. The third kappa shape index (κ3) is 4.09. The van der Waals surface area contributed by atoms with Crippen molar-refractivity contribution in [2.75, 3.05) is 0 Å². The summed E-state index contributed by atoms with van der Waals surface area (Å²) in [5, 5.41) is 16.6. The highest BCUT2D eigenvalue weighted by atomic mass is 14.2. The molecule has 0 spiro atoms. The average molecular weight is 206 g/mol. The predicted octanol–water partition coefficient (Wildman–Crippen LogP) is 3.12. The quantitative estimate of drug-likeness (QED) is 0.664. The highest BCUT2D eigenvalue weighted by Crippen LogP contribution is 1.93. The van der Waals surface area contributed by atoms with Crippen LogP contribution in [-0.4, -0.2) is 0 Å². The van der Waals surface area contributed by atoms with E-state index in [9.17, 15) is 0 Å². The molecule has 0 aliphatic carbocycles. The average Bonchev–Trinajstić information content (AvgIpc) is 2.41. The molecule has 0 bridgehead atoms. The Morgan fingerprint density at radius 3 is 1.06 bits per heavy atom. The van der Waals surface area contributed by atoms with Crippen molar-refractivity contribution in [2.45, 2.75) is 0 Å². The number of nitriles is 2. The van der Waals surface area contributed by atoms with Crippen molar-refractivity contribution in [2.24, 2.45) is 0 Å². The smallest absolute Gasteiger partial charge is 0.0991 e. The van der Waals surface area contributed by atoms with Crippen LogP contribution in [-0.2, 0) is 0 Å². The van der Waals surface area contributed by atoms with E-state index < -0.39 is 0 Å². The summed E-state index contributed by atoms with van der Waals surface area (Å²) in [5.74, 6) is 0. The van der Waals surface area contributed by atoms with E-state index in [-0.39, 0.29) is 0 Å². The van der Waals surface area contributed by atoms with Gasteiger partial charge in [0.25, 0.3) is 0 Å². The van der Waals surface area contributed by atoms with Crippen molar-refractivity contribution in [1.82, 2.24) is 0 Å². The van der Waals surface area contributed by atoms with Gasteiger partial charge in [-0.3, -0.25) is 0 Å². The highest BCUT2D eigenvalue weighted by molar-refractivity contribution is 5.27. The standard InChI is InChI=1S/2C7H5N/c2*8-6-7-4-2-1-3-5-7/h2*1-5H. The molecule has 2 aromatic carbocycles. The van der Waals surface area contributed by atoms with Crippen LogP contribution in [0.1, 0.15) is 11.1 Å². The van der Waals surface area contributed by atoms with E-state index in [1.165, 1.54) is 0 Å². The fourth-order valence-corrected chi connectivity index (χ4v) is 1.03. The van der Waals surface area contributed by atoms with Gasteiger partial charge in [0.2, 0.25) is 0 Å². The first kappa shape index (κ1) is 11.5. The fourth-order valence-electron chi connectivity index (χ4n) is 1.03. The van der Waals surface area contributed by atoms with Gasteiger partial charge in [0, 0.05) is 0 Å². The van der Waals surface area contributed by atoms with Gasteiger partial charge < -0.3 is 0 Å². The number of hydrogen-bond donors (Lipinski definition) is 0. The Balaban J connectivity index is 0.000000160. The first-order chi connectivity index (χ1) is 7.86. The minimum atomic E-state index is 0.715. The van der Waals surface area contributed by atoms with Gasteiger partial charge in [0.15, 0.2) is 0 Å². The van der Waals surface area contributed by atoms with Crippen LogP contribution >= 0.6 is 0 Å². The van der Waals surface area contributed by atoms with Gasteiger partial charge in [-0.05, 0) is 24.3 Å². The Bertz CT molecular complexity index is 440. The zero-order chi connectivity index (χ0) is 11.6. The van der Waals surface area contributed by atoms with Crippen LogP contribution in [0.3, 0.4) is 0 Å². The molecular weight excluding hydrogens is 196 g/mol. The van der Waals surface area contributed by atoms with Gasteiger partial charge in [-0.2, -0.15) is 10.5 Å². The molecule has 16 heavy (non-hydrogen) atoms. The lowest BCUT2D eigenvalue weighted by Crippen LogP contribution is -1.66. The lowest BCUT2D eigenvalue weighted by molar-refractivity contribution is 1.49. The fraction of sp³-hybridized carbons (Fsp3) is 0. The normalized spacial score (nSPS) is 7.88. The molecule has 76 valence electrons. The molecule has 0 aliphatic heterocycles. The molecule has 0 heterocycles. The molecule has 0 amide bonds. The van der Waals surface area contributed by atoms with Crippen LogP contribution in [0.2, 0.25) is 0 Å². The number of rotatable bonds is 0. The third-order valence-electron chi connectivity index (χ3n) is 1.81. The van der Waals surface area contributed by atoms with Crippen LogP contribution in [0.15, 0.2) is 60.7 Å². The van der Waals surface area contributed by atoms with E-state index in [1.807, 2.05) is 48.5 Å². The van der Waals surface area contributed by atoms with E-state index in [1.54, 1.807) is 24.3 Å². The summed E-state index contributed by atoms with van der Waals surface area (Å²) in [4.78, 5) is 0. The molecule has 2 heteroatoms. The lowest BCUT2D eigenvalue weighted by atomic mass is 10.2. The molecule has 0 N–H and O–H groups in total. The second-order valence-electron chi connectivity index (χ2n) is 2.96. The molecule has 2 nitrogen and oxygen atoms in total. The Kier molecular flexibility index (Phi) is 4.89. The third-order valence-corrected chi connectivity index (χ3v) is 1.81. The number of nitrogens with zero attached hydrogens (tertiary/aromatic N) is 2. The minimum absolute atomic E-state index is 0.715. The van der Waals surface area contributed by atoms with Crippen molar-refractivity contribution < 1.29 is 0 Å². The van der Waals surface area contributed by atoms with Crippen molar-refractivity contribution >= 4 is 0 Å². The summed E-state index contributed by atoms with van der Waals surface area (Å²) in [6.07, 6.45) is 0. The van der Waals surface area contributed by atoms with Crippen LogP contribution in [0.25, 0.3) is 0 Å². The largest absolute Gasteiger partial charge is 0.192 e. The Hall–Kier alpha value is -2.58. The first-order valence-corrected chi connectivity index (χ1v) is 4.77. The SMILES string of the molecule is N#Cc1ccccc1.N#Cc1ccccc1. The second kappa shape index (κ2) is 6.81. The molecule has 0 saturated carbocycles. The highest BCUT2D eigenvalue weighted by Gasteiger charge is 1.80. The summed E-state index contributed by atoms with van der Waals surface area (Å²) in [6, 6.07) is 22.3. The monoisotopic (exact) mass is 206 g/mol. The maximum Gasteiger partial charge on any atom is 0.0991 e. The Labute approximate surface area is 95.0 Å². The van der Waals surface area contributed by atoms with E-state index >= 15 is 0 Å². The molecular formula is C14H10N2. The summed E-state index contributed by atoms with van der Waals surface area (Å²) in [5.41, 5.74) is 1.43. The lowest BCUT2D eigenvalue weighted by Gasteiger charge is -1.80. The van der Waals surface area contributed by atoms with E-state index in [0.717, 1.165) is 0 Å². The summed E-state index contributed by atoms with van der Waals surface area (Å²) in [7, 11) is 0. The van der Waals surface area contributed by atoms with Gasteiger partial charge >= 0.3 is 0 Å². The Morgan fingerprint density at radius 1 is 0.562 bits per heavy atom. The van der Waals surface area contributed by atoms with Crippen LogP contribution in [0.4, 0.5) is 0 Å². The van der Waals surface area contributed by atoms with Crippen LogP contribution < -0.4 is 0 Å². The maximum atomic E-state index is 8.29. The van der Waals surface area contributed by atoms with E-state index in [0.29, 0.717) is 11.1 Å². The summed E-state index contributed by atoms with van der Waals surface area (Å²) >= 11 is 0. The number of benzene rings is 2. The molecule has 2 rings (SSSR count).